The Morgan fingerprint density at radius 2 is 1.83 bits per heavy atom. The van der Waals surface area contributed by atoms with Crippen LogP contribution in [0.2, 0.25) is 0 Å². The Morgan fingerprint density at radius 3 is 2.67 bits per heavy atom. The molecule has 130 valence electrons. The van der Waals surface area contributed by atoms with E-state index in [1.807, 2.05) is 24.3 Å². The van der Waals surface area contributed by atoms with Gasteiger partial charge in [0, 0.05) is 6.54 Å². The molecule has 0 saturated carbocycles. The summed E-state index contributed by atoms with van der Waals surface area (Å²) in [6, 6.07) is 7.81. The number of aryl methyl sites for hydroxylation is 1. The van der Waals surface area contributed by atoms with Crippen molar-refractivity contribution in [2.75, 3.05) is 19.8 Å². The Bertz CT molecular complexity index is 737. The van der Waals surface area contributed by atoms with Gasteiger partial charge in [-0.3, -0.25) is 0 Å². The van der Waals surface area contributed by atoms with Crippen LogP contribution >= 0.6 is 0 Å². The van der Waals surface area contributed by atoms with E-state index in [-0.39, 0.29) is 6.04 Å². The molecule has 0 spiro atoms. The summed E-state index contributed by atoms with van der Waals surface area (Å²) in [6.45, 7) is 1.64. The van der Waals surface area contributed by atoms with E-state index in [4.69, 9.17) is 9.47 Å². The molecule has 2 saturated heterocycles. The standard InChI is InChI=1S/C18H23NO4S/c20-24(21,16-9-8-14-5-1-2-6-15(14)13-16)19-10-4-3-7-17(19)18-22-11-12-23-18/h1-2,5-6,13,17-18H,3-4,7-12H2. The van der Waals surface area contributed by atoms with Crippen LogP contribution in [0.3, 0.4) is 0 Å². The summed E-state index contributed by atoms with van der Waals surface area (Å²) in [5, 5.41) is 0. The first-order valence-corrected chi connectivity index (χ1v) is 10.1. The molecule has 1 unspecified atom stereocenters. The second-order valence-electron chi connectivity index (χ2n) is 6.60. The molecule has 0 radical (unpaired) electrons. The molecule has 0 N–H and O–H groups in total. The van der Waals surface area contributed by atoms with Crippen molar-refractivity contribution < 1.29 is 17.9 Å². The number of nitrogens with zero attached hydrogens (tertiary/aromatic N) is 1. The molecule has 5 nitrogen and oxygen atoms in total. The van der Waals surface area contributed by atoms with Gasteiger partial charge in [-0.25, -0.2) is 8.42 Å². The van der Waals surface area contributed by atoms with E-state index in [2.05, 4.69) is 6.07 Å². The lowest BCUT2D eigenvalue weighted by atomic mass is 9.98. The number of benzene rings is 1. The van der Waals surface area contributed by atoms with Gasteiger partial charge in [-0.2, -0.15) is 4.31 Å². The Kier molecular flexibility index (Phi) is 4.47. The summed E-state index contributed by atoms with van der Waals surface area (Å²) >= 11 is 0. The minimum absolute atomic E-state index is 0.204. The number of rotatable bonds is 3. The van der Waals surface area contributed by atoms with E-state index in [1.54, 1.807) is 4.31 Å². The van der Waals surface area contributed by atoms with Gasteiger partial charge in [0.25, 0.3) is 0 Å². The summed E-state index contributed by atoms with van der Waals surface area (Å²) in [7, 11) is -3.48. The Morgan fingerprint density at radius 1 is 1.04 bits per heavy atom. The second kappa shape index (κ2) is 6.59. The largest absolute Gasteiger partial charge is 0.349 e. The van der Waals surface area contributed by atoms with Crippen molar-refractivity contribution in [2.45, 2.75) is 44.4 Å². The lowest BCUT2D eigenvalue weighted by Gasteiger charge is -2.37. The number of sulfonamides is 1. The molecule has 2 heterocycles. The Hall–Kier alpha value is -1.21. The van der Waals surface area contributed by atoms with Crippen LogP contribution in [0.4, 0.5) is 0 Å². The monoisotopic (exact) mass is 349 g/mol. The van der Waals surface area contributed by atoms with Gasteiger partial charge in [-0.1, -0.05) is 30.7 Å². The van der Waals surface area contributed by atoms with E-state index in [1.165, 1.54) is 5.56 Å². The highest BCUT2D eigenvalue weighted by Crippen LogP contribution is 2.34. The average molecular weight is 349 g/mol. The van der Waals surface area contributed by atoms with Crippen molar-refractivity contribution in [2.24, 2.45) is 0 Å². The van der Waals surface area contributed by atoms with Gasteiger partial charge in [0.15, 0.2) is 6.29 Å². The lowest BCUT2D eigenvalue weighted by Crippen LogP contribution is -2.50. The molecule has 4 rings (SSSR count). The van der Waals surface area contributed by atoms with Gasteiger partial charge >= 0.3 is 0 Å². The quantitative estimate of drug-likeness (QED) is 0.841. The average Bonchev–Trinajstić information content (AvgIpc) is 3.16. The smallest absolute Gasteiger partial charge is 0.239 e. The fourth-order valence-corrected chi connectivity index (χ4v) is 5.73. The van der Waals surface area contributed by atoms with Crippen molar-refractivity contribution in [1.82, 2.24) is 4.31 Å². The normalized spacial score (nSPS) is 26.2. The zero-order chi connectivity index (χ0) is 16.6. The third-order valence-electron chi connectivity index (χ3n) is 5.11. The SMILES string of the molecule is O=S(=O)(C1=Cc2ccccc2CC1)N1CCCCC1C1OCCO1. The molecular formula is C18H23NO4S. The summed E-state index contributed by atoms with van der Waals surface area (Å²) in [5.74, 6) is 0. The minimum atomic E-state index is -3.48. The van der Waals surface area contributed by atoms with Crippen LogP contribution in [0, 0.1) is 0 Å². The van der Waals surface area contributed by atoms with Crippen LogP contribution in [0.15, 0.2) is 29.2 Å². The summed E-state index contributed by atoms with van der Waals surface area (Å²) in [5.41, 5.74) is 2.23. The lowest BCUT2D eigenvalue weighted by molar-refractivity contribution is -0.0911. The predicted molar refractivity (Wildman–Crippen MR) is 91.7 cm³/mol. The second-order valence-corrected chi connectivity index (χ2v) is 8.54. The highest BCUT2D eigenvalue weighted by atomic mass is 32.2. The maximum absolute atomic E-state index is 13.3. The van der Waals surface area contributed by atoms with E-state index >= 15 is 0 Å². The third-order valence-corrected chi connectivity index (χ3v) is 7.17. The molecule has 24 heavy (non-hydrogen) atoms. The van der Waals surface area contributed by atoms with Crippen molar-refractivity contribution in [3.05, 3.63) is 40.3 Å². The van der Waals surface area contributed by atoms with Crippen LogP contribution in [0.1, 0.15) is 36.8 Å². The molecular weight excluding hydrogens is 326 g/mol. The van der Waals surface area contributed by atoms with Gasteiger partial charge in [0.1, 0.15) is 0 Å². The van der Waals surface area contributed by atoms with Gasteiger partial charge in [-0.05, 0) is 42.9 Å². The van der Waals surface area contributed by atoms with Crippen molar-refractivity contribution in [1.29, 1.82) is 0 Å². The topological polar surface area (TPSA) is 55.8 Å². The van der Waals surface area contributed by atoms with E-state index in [9.17, 15) is 8.42 Å². The fraction of sp³-hybridized carbons (Fsp3) is 0.556. The molecule has 2 fully saturated rings. The molecule has 0 amide bonds. The molecule has 0 aromatic heterocycles. The van der Waals surface area contributed by atoms with Crippen LogP contribution in [-0.4, -0.2) is 44.8 Å². The fourth-order valence-electron chi connectivity index (χ4n) is 3.86. The zero-order valence-corrected chi connectivity index (χ0v) is 14.5. The van der Waals surface area contributed by atoms with Crippen molar-refractivity contribution in [3.8, 4) is 0 Å². The maximum Gasteiger partial charge on any atom is 0.239 e. The van der Waals surface area contributed by atoms with Gasteiger partial charge in [0.2, 0.25) is 10.0 Å². The van der Waals surface area contributed by atoms with Crippen LogP contribution in [-0.2, 0) is 25.9 Å². The molecule has 2 aliphatic heterocycles. The molecule has 0 bridgehead atoms. The Balaban J connectivity index is 1.65. The number of piperidine rings is 1. The minimum Gasteiger partial charge on any atom is -0.349 e. The molecule has 1 aromatic rings. The number of allylic oxidation sites excluding steroid dienone is 1. The summed E-state index contributed by atoms with van der Waals surface area (Å²) in [6.07, 6.45) is 5.47. The molecule has 1 aliphatic carbocycles. The number of fused-ring (bicyclic) bond motifs is 1. The highest BCUT2D eigenvalue weighted by molar-refractivity contribution is 7.93. The Labute approximate surface area is 143 Å². The van der Waals surface area contributed by atoms with Gasteiger partial charge < -0.3 is 9.47 Å². The number of hydrogen-bond acceptors (Lipinski definition) is 4. The summed E-state index contributed by atoms with van der Waals surface area (Å²) in [4.78, 5) is 0.520. The van der Waals surface area contributed by atoms with Crippen LogP contribution in [0.25, 0.3) is 6.08 Å². The predicted octanol–water partition coefficient (Wildman–Crippen LogP) is 2.53. The van der Waals surface area contributed by atoms with E-state index in [0.29, 0.717) is 31.1 Å². The zero-order valence-electron chi connectivity index (χ0n) is 13.7. The van der Waals surface area contributed by atoms with E-state index < -0.39 is 16.3 Å². The highest BCUT2D eigenvalue weighted by Gasteiger charge is 2.41. The number of ether oxygens (including phenoxy) is 2. The van der Waals surface area contributed by atoms with Gasteiger partial charge in [-0.15, -0.1) is 0 Å². The molecule has 3 aliphatic rings. The third kappa shape index (κ3) is 2.92. The first kappa shape index (κ1) is 16.3. The molecule has 1 atom stereocenters. The van der Waals surface area contributed by atoms with Crippen LogP contribution < -0.4 is 0 Å². The van der Waals surface area contributed by atoms with Crippen molar-refractivity contribution in [3.63, 3.8) is 0 Å². The first-order chi connectivity index (χ1) is 11.7. The van der Waals surface area contributed by atoms with E-state index in [0.717, 1.165) is 31.2 Å². The van der Waals surface area contributed by atoms with Crippen molar-refractivity contribution >= 4 is 16.1 Å². The number of hydrogen-bond donors (Lipinski definition) is 0. The van der Waals surface area contributed by atoms with Crippen LogP contribution in [0.5, 0.6) is 0 Å². The summed E-state index contributed by atoms with van der Waals surface area (Å²) < 4.78 is 39.4. The molecule has 6 heteroatoms. The molecule has 1 aromatic carbocycles. The van der Waals surface area contributed by atoms with Gasteiger partial charge in [0.05, 0.1) is 24.2 Å². The maximum atomic E-state index is 13.3. The first-order valence-electron chi connectivity index (χ1n) is 8.70.